The van der Waals surface area contributed by atoms with Crippen molar-refractivity contribution < 1.29 is 14.3 Å². The highest BCUT2D eigenvalue weighted by molar-refractivity contribution is 5.95. The normalized spacial score (nSPS) is 9.48. The monoisotopic (exact) mass is 315 g/mol. The second kappa shape index (κ2) is 10.0. The number of ether oxygens (including phenoxy) is 1. The third-order valence-electron chi connectivity index (χ3n) is 2.50. The predicted molar refractivity (Wildman–Crippen MR) is 84.9 cm³/mol. The zero-order valence-corrected chi connectivity index (χ0v) is 13.1. The second-order valence-corrected chi connectivity index (χ2v) is 4.38. The van der Waals surface area contributed by atoms with E-state index < -0.39 is 0 Å². The SMILES string of the molecule is CCCOc1cc(C)ccc1NC(=O)CNC(=O)CN.Cl. The van der Waals surface area contributed by atoms with Gasteiger partial charge in [-0.25, -0.2) is 0 Å². The lowest BCUT2D eigenvalue weighted by atomic mass is 10.2. The Balaban J connectivity index is 0.00000400. The molecule has 1 rings (SSSR count). The van der Waals surface area contributed by atoms with Crippen molar-refractivity contribution in [2.45, 2.75) is 20.3 Å². The number of anilines is 1. The van der Waals surface area contributed by atoms with Gasteiger partial charge in [0.05, 0.1) is 25.4 Å². The molecule has 0 radical (unpaired) electrons. The minimum atomic E-state index is -0.369. The van der Waals surface area contributed by atoms with Crippen LogP contribution in [0, 0.1) is 6.92 Å². The van der Waals surface area contributed by atoms with Crippen molar-refractivity contribution in [1.29, 1.82) is 0 Å². The fraction of sp³-hybridized carbons (Fsp3) is 0.429. The Labute approximate surface area is 130 Å². The number of nitrogens with two attached hydrogens (primary N) is 1. The van der Waals surface area contributed by atoms with E-state index in [0.29, 0.717) is 18.0 Å². The number of carbonyl (C=O) groups is 2. The summed E-state index contributed by atoms with van der Waals surface area (Å²) in [4.78, 5) is 22.7. The first-order valence-electron chi connectivity index (χ1n) is 6.57. The molecule has 0 aromatic heterocycles. The number of hydrogen-bond acceptors (Lipinski definition) is 4. The van der Waals surface area contributed by atoms with Gasteiger partial charge >= 0.3 is 0 Å². The molecular weight excluding hydrogens is 294 g/mol. The highest BCUT2D eigenvalue weighted by atomic mass is 35.5. The van der Waals surface area contributed by atoms with Crippen molar-refractivity contribution in [2.75, 3.05) is 25.0 Å². The zero-order chi connectivity index (χ0) is 15.0. The van der Waals surface area contributed by atoms with Crippen LogP contribution in [0.1, 0.15) is 18.9 Å². The molecule has 118 valence electrons. The molecule has 0 spiro atoms. The smallest absolute Gasteiger partial charge is 0.243 e. The molecule has 0 unspecified atom stereocenters. The molecule has 4 N–H and O–H groups in total. The van der Waals surface area contributed by atoms with Crippen molar-refractivity contribution in [2.24, 2.45) is 5.73 Å². The number of hydrogen-bond donors (Lipinski definition) is 3. The molecule has 0 saturated heterocycles. The summed E-state index contributed by atoms with van der Waals surface area (Å²) < 4.78 is 5.59. The van der Waals surface area contributed by atoms with E-state index in [0.717, 1.165) is 12.0 Å². The van der Waals surface area contributed by atoms with Crippen LogP contribution in [0.3, 0.4) is 0 Å². The summed E-state index contributed by atoms with van der Waals surface area (Å²) in [5.41, 5.74) is 6.78. The summed E-state index contributed by atoms with van der Waals surface area (Å²) in [6, 6.07) is 5.53. The van der Waals surface area contributed by atoms with Gasteiger partial charge in [0, 0.05) is 0 Å². The van der Waals surface area contributed by atoms with Crippen LogP contribution < -0.4 is 21.1 Å². The van der Waals surface area contributed by atoms with Crippen LogP contribution in [0.5, 0.6) is 5.75 Å². The third kappa shape index (κ3) is 6.97. The van der Waals surface area contributed by atoms with Gasteiger partial charge in [-0.15, -0.1) is 12.4 Å². The van der Waals surface area contributed by atoms with E-state index in [1.54, 1.807) is 6.07 Å². The molecule has 0 heterocycles. The Morgan fingerprint density at radius 2 is 2.00 bits per heavy atom. The number of aryl methyl sites for hydroxylation is 1. The molecule has 0 atom stereocenters. The lowest BCUT2D eigenvalue weighted by molar-refractivity contribution is -0.123. The molecule has 1 aromatic rings. The number of halogens is 1. The standard InChI is InChI=1S/C14H21N3O3.ClH/c1-3-6-20-12-7-10(2)4-5-11(12)17-14(19)9-16-13(18)8-15;/h4-5,7H,3,6,8-9,15H2,1-2H3,(H,16,18)(H,17,19);1H. The molecule has 2 amide bonds. The Morgan fingerprint density at radius 3 is 2.62 bits per heavy atom. The topological polar surface area (TPSA) is 93.5 Å². The number of amides is 2. The molecule has 0 saturated carbocycles. The summed E-state index contributed by atoms with van der Waals surface area (Å²) in [6.07, 6.45) is 0.883. The Hall–Kier alpha value is -1.79. The summed E-state index contributed by atoms with van der Waals surface area (Å²) in [5.74, 6) is -0.0612. The van der Waals surface area contributed by atoms with Crippen LogP contribution in [-0.4, -0.2) is 31.5 Å². The molecule has 7 heteroatoms. The van der Waals surface area contributed by atoms with Gasteiger partial charge in [-0.05, 0) is 31.0 Å². The van der Waals surface area contributed by atoms with Crippen molar-refractivity contribution in [1.82, 2.24) is 5.32 Å². The first-order valence-corrected chi connectivity index (χ1v) is 6.57. The minimum Gasteiger partial charge on any atom is -0.491 e. The van der Waals surface area contributed by atoms with Crippen molar-refractivity contribution in [3.05, 3.63) is 23.8 Å². The Kier molecular flexibility index (Phi) is 9.16. The Morgan fingerprint density at radius 1 is 1.29 bits per heavy atom. The van der Waals surface area contributed by atoms with E-state index in [1.165, 1.54) is 0 Å². The highest BCUT2D eigenvalue weighted by Gasteiger charge is 2.09. The first kappa shape index (κ1) is 19.2. The Bertz CT molecular complexity index is 481. The molecular formula is C14H22ClN3O3. The maximum Gasteiger partial charge on any atom is 0.243 e. The van der Waals surface area contributed by atoms with Crippen LogP contribution in [0.2, 0.25) is 0 Å². The van der Waals surface area contributed by atoms with Crippen molar-refractivity contribution >= 4 is 29.9 Å². The van der Waals surface area contributed by atoms with Gasteiger partial charge in [-0.3, -0.25) is 9.59 Å². The quantitative estimate of drug-likeness (QED) is 0.705. The van der Waals surface area contributed by atoms with Crippen LogP contribution in [0.15, 0.2) is 18.2 Å². The zero-order valence-electron chi connectivity index (χ0n) is 12.3. The lowest BCUT2D eigenvalue weighted by Crippen LogP contribution is -2.36. The van der Waals surface area contributed by atoms with Gasteiger partial charge in [-0.2, -0.15) is 0 Å². The van der Waals surface area contributed by atoms with Crippen LogP contribution >= 0.6 is 12.4 Å². The van der Waals surface area contributed by atoms with Gasteiger partial charge in [-0.1, -0.05) is 13.0 Å². The van der Waals surface area contributed by atoms with E-state index in [-0.39, 0.29) is 37.3 Å². The van der Waals surface area contributed by atoms with Gasteiger partial charge in [0.2, 0.25) is 11.8 Å². The molecule has 1 aromatic carbocycles. The molecule has 0 aliphatic rings. The summed E-state index contributed by atoms with van der Waals surface area (Å²) in [6.45, 7) is 4.29. The van der Waals surface area contributed by atoms with E-state index >= 15 is 0 Å². The molecule has 21 heavy (non-hydrogen) atoms. The van der Waals surface area contributed by atoms with Gasteiger partial charge in [0.1, 0.15) is 5.75 Å². The fourth-order valence-corrected chi connectivity index (χ4v) is 1.51. The van der Waals surface area contributed by atoms with Crippen LogP contribution in [-0.2, 0) is 9.59 Å². The van der Waals surface area contributed by atoms with E-state index in [2.05, 4.69) is 10.6 Å². The minimum absolute atomic E-state index is 0. The molecule has 0 fully saturated rings. The largest absolute Gasteiger partial charge is 0.491 e. The van der Waals surface area contributed by atoms with Gasteiger partial charge in [0.25, 0.3) is 0 Å². The molecule has 0 aliphatic carbocycles. The van der Waals surface area contributed by atoms with Gasteiger partial charge in [0.15, 0.2) is 0 Å². The highest BCUT2D eigenvalue weighted by Crippen LogP contribution is 2.25. The van der Waals surface area contributed by atoms with Crippen LogP contribution in [0.25, 0.3) is 0 Å². The summed E-state index contributed by atoms with van der Waals surface area (Å²) in [7, 11) is 0. The fourth-order valence-electron chi connectivity index (χ4n) is 1.51. The maximum absolute atomic E-state index is 11.7. The first-order chi connectivity index (χ1) is 9.56. The predicted octanol–water partition coefficient (Wildman–Crippen LogP) is 1.22. The number of benzene rings is 1. The van der Waals surface area contributed by atoms with Crippen molar-refractivity contribution in [3.8, 4) is 5.75 Å². The second-order valence-electron chi connectivity index (χ2n) is 4.38. The molecule has 0 bridgehead atoms. The summed E-state index contributed by atoms with van der Waals surface area (Å²) in [5, 5.41) is 5.12. The average molecular weight is 316 g/mol. The van der Waals surface area contributed by atoms with E-state index in [4.69, 9.17) is 10.5 Å². The number of carbonyl (C=O) groups excluding carboxylic acids is 2. The lowest BCUT2D eigenvalue weighted by Gasteiger charge is -2.13. The molecule has 6 nitrogen and oxygen atoms in total. The number of nitrogens with one attached hydrogen (secondary N) is 2. The van der Waals surface area contributed by atoms with Crippen LogP contribution in [0.4, 0.5) is 5.69 Å². The number of rotatable bonds is 7. The maximum atomic E-state index is 11.7. The van der Waals surface area contributed by atoms with Gasteiger partial charge < -0.3 is 21.1 Å². The van der Waals surface area contributed by atoms with E-state index in [9.17, 15) is 9.59 Å². The third-order valence-corrected chi connectivity index (χ3v) is 2.50. The average Bonchev–Trinajstić information content (AvgIpc) is 2.44. The van der Waals surface area contributed by atoms with Crippen molar-refractivity contribution in [3.63, 3.8) is 0 Å². The van der Waals surface area contributed by atoms with E-state index in [1.807, 2.05) is 26.0 Å². The summed E-state index contributed by atoms with van der Waals surface area (Å²) >= 11 is 0. The molecule has 0 aliphatic heterocycles.